The van der Waals surface area contributed by atoms with E-state index < -0.39 is 0 Å². The minimum atomic E-state index is 0.729. The third kappa shape index (κ3) is 3.67. The van der Waals surface area contributed by atoms with E-state index in [-0.39, 0.29) is 0 Å². The van der Waals surface area contributed by atoms with Crippen molar-refractivity contribution in [1.82, 2.24) is 15.1 Å². The van der Waals surface area contributed by atoms with E-state index in [2.05, 4.69) is 35.9 Å². The van der Waals surface area contributed by atoms with Crippen LogP contribution in [-0.4, -0.2) is 61.2 Å². The summed E-state index contributed by atoms with van der Waals surface area (Å²) in [7, 11) is 0. The molecule has 0 radical (unpaired) electrons. The zero-order chi connectivity index (χ0) is 12.3. The molecular formula is C14H29N3. The Balaban J connectivity index is 1.73. The smallest absolute Gasteiger partial charge is 0.0193 e. The van der Waals surface area contributed by atoms with Crippen LogP contribution in [0.2, 0.25) is 0 Å². The van der Waals surface area contributed by atoms with Crippen molar-refractivity contribution >= 4 is 0 Å². The molecule has 0 amide bonds. The van der Waals surface area contributed by atoms with Crippen LogP contribution in [0, 0.1) is 5.92 Å². The molecule has 2 rings (SSSR count). The number of rotatable bonds is 3. The molecule has 1 unspecified atom stereocenters. The average molecular weight is 239 g/mol. The summed E-state index contributed by atoms with van der Waals surface area (Å²) in [5.41, 5.74) is 0. The van der Waals surface area contributed by atoms with Gasteiger partial charge in [-0.05, 0) is 52.6 Å². The molecule has 1 N–H and O–H groups in total. The maximum absolute atomic E-state index is 3.47. The van der Waals surface area contributed by atoms with E-state index in [1.165, 1.54) is 52.1 Å². The molecule has 3 heteroatoms. The molecule has 100 valence electrons. The van der Waals surface area contributed by atoms with Gasteiger partial charge in [0.15, 0.2) is 0 Å². The molecule has 2 aliphatic heterocycles. The monoisotopic (exact) mass is 239 g/mol. The summed E-state index contributed by atoms with van der Waals surface area (Å²) < 4.78 is 0. The normalized spacial score (nSPS) is 30.0. The first kappa shape index (κ1) is 13.3. The van der Waals surface area contributed by atoms with Gasteiger partial charge in [0.2, 0.25) is 0 Å². The topological polar surface area (TPSA) is 18.5 Å². The predicted molar refractivity (Wildman–Crippen MR) is 73.3 cm³/mol. The number of likely N-dealkylation sites (tertiary alicyclic amines) is 1. The Kier molecular flexibility index (Phi) is 4.83. The van der Waals surface area contributed by atoms with Gasteiger partial charge < -0.3 is 10.2 Å². The largest absolute Gasteiger partial charge is 0.314 e. The lowest BCUT2D eigenvalue weighted by atomic mass is 9.94. The molecule has 2 heterocycles. The zero-order valence-electron chi connectivity index (χ0n) is 11.8. The minimum absolute atomic E-state index is 0.729. The summed E-state index contributed by atoms with van der Waals surface area (Å²) in [6, 6.07) is 1.46. The van der Waals surface area contributed by atoms with E-state index in [1.54, 1.807) is 0 Å². The summed E-state index contributed by atoms with van der Waals surface area (Å²) in [4.78, 5) is 5.31. The quantitative estimate of drug-likeness (QED) is 0.803. The summed E-state index contributed by atoms with van der Waals surface area (Å²) in [6.45, 7) is 14.5. The molecule has 0 aromatic carbocycles. The first-order valence-corrected chi connectivity index (χ1v) is 7.35. The maximum Gasteiger partial charge on any atom is 0.0193 e. The van der Waals surface area contributed by atoms with Gasteiger partial charge in [-0.15, -0.1) is 0 Å². The second-order valence-electron chi connectivity index (χ2n) is 6.12. The SMILES string of the molecule is CC(C)N1CCC(CN2CCNCC2C)CC1. The van der Waals surface area contributed by atoms with E-state index in [0.29, 0.717) is 0 Å². The van der Waals surface area contributed by atoms with Gasteiger partial charge in [-0.3, -0.25) is 4.90 Å². The van der Waals surface area contributed by atoms with Gasteiger partial charge >= 0.3 is 0 Å². The number of nitrogens with zero attached hydrogens (tertiary/aromatic N) is 2. The van der Waals surface area contributed by atoms with Gasteiger partial charge in [-0.1, -0.05) is 0 Å². The van der Waals surface area contributed by atoms with Crippen molar-refractivity contribution in [1.29, 1.82) is 0 Å². The van der Waals surface area contributed by atoms with E-state index in [1.807, 2.05) is 0 Å². The molecule has 1 atom stereocenters. The van der Waals surface area contributed by atoms with Crippen LogP contribution in [0.1, 0.15) is 33.6 Å². The van der Waals surface area contributed by atoms with Crippen molar-refractivity contribution in [2.45, 2.75) is 45.7 Å². The van der Waals surface area contributed by atoms with Gasteiger partial charge in [-0.25, -0.2) is 0 Å². The highest BCUT2D eigenvalue weighted by molar-refractivity contribution is 4.81. The van der Waals surface area contributed by atoms with Crippen LogP contribution >= 0.6 is 0 Å². The number of piperidine rings is 1. The van der Waals surface area contributed by atoms with Crippen LogP contribution in [0.25, 0.3) is 0 Å². The Morgan fingerprint density at radius 2 is 1.88 bits per heavy atom. The van der Waals surface area contributed by atoms with E-state index in [4.69, 9.17) is 0 Å². The van der Waals surface area contributed by atoms with Crippen molar-refractivity contribution in [2.75, 3.05) is 39.3 Å². The second kappa shape index (κ2) is 6.17. The summed E-state index contributed by atoms with van der Waals surface area (Å²) in [5, 5.41) is 3.47. The molecule has 2 fully saturated rings. The third-order valence-electron chi connectivity index (χ3n) is 4.51. The Morgan fingerprint density at radius 1 is 1.18 bits per heavy atom. The van der Waals surface area contributed by atoms with Crippen LogP contribution < -0.4 is 5.32 Å². The molecule has 0 bridgehead atoms. The number of hydrogen-bond donors (Lipinski definition) is 1. The van der Waals surface area contributed by atoms with Crippen molar-refractivity contribution < 1.29 is 0 Å². The first-order chi connectivity index (χ1) is 8.16. The fraction of sp³-hybridized carbons (Fsp3) is 1.00. The van der Waals surface area contributed by atoms with Crippen LogP contribution in [0.15, 0.2) is 0 Å². The molecule has 2 aliphatic rings. The average Bonchev–Trinajstić information content (AvgIpc) is 2.33. The summed E-state index contributed by atoms with van der Waals surface area (Å²) in [5.74, 6) is 0.936. The van der Waals surface area contributed by atoms with Crippen LogP contribution in [0.5, 0.6) is 0 Å². The van der Waals surface area contributed by atoms with Crippen molar-refractivity contribution in [2.24, 2.45) is 5.92 Å². The molecule has 17 heavy (non-hydrogen) atoms. The lowest BCUT2D eigenvalue weighted by Crippen LogP contribution is -2.52. The lowest BCUT2D eigenvalue weighted by Gasteiger charge is -2.40. The van der Waals surface area contributed by atoms with Gasteiger partial charge in [0.1, 0.15) is 0 Å². The fourth-order valence-electron chi connectivity index (χ4n) is 3.14. The number of nitrogens with one attached hydrogen (secondary N) is 1. The Bertz CT molecular complexity index is 222. The highest BCUT2D eigenvalue weighted by Crippen LogP contribution is 2.21. The predicted octanol–water partition coefficient (Wildman–Crippen LogP) is 1.40. The lowest BCUT2D eigenvalue weighted by molar-refractivity contribution is 0.0961. The van der Waals surface area contributed by atoms with Gasteiger partial charge in [-0.2, -0.15) is 0 Å². The highest BCUT2D eigenvalue weighted by Gasteiger charge is 2.25. The van der Waals surface area contributed by atoms with E-state index in [9.17, 15) is 0 Å². The number of hydrogen-bond acceptors (Lipinski definition) is 3. The van der Waals surface area contributed by atoms with Crippen LogP contribution in [0.3, 0.4) is 0 Å². The first-order valence-electron chi connectivity index (χ1n) is 7.35. The Hall–Kier alpha value is -0.120. The van der Waals surface area contributed by atoms with Crippen LogP contribution in [0.4, 0.5) is 0 Å². The van der Waals surface area contributed by atoms with Crippen molar-refractivity contribution in [3.05, 3.63) is 0 Å². The van der Waals surface area contributed by atoms with Crippen molar-refractivity contribution in [3.8, 4) is 0 Å². The Morgan fingerprint density at radius 3 is 2.47 bits per heavy atom. The molecule has 0 aromatic rings. The third-order valence-corrected chi connectivity index (χ3v) is 4.51. The molecule has 0 saturated carbocycles. The van der Waals surface area contributed by atoms with Gasteiger partial charge in [0, 0.05) is 38.3 Å². The fourth-order valence-corrected chi connectivity index (χ4v) is 3.14. The standard InChI is InChI=1S/C14H29N3/c1-12(2)16-7-4-14(5-8-16)11-17-9-6-15-10-13(17)3/h12-15H,4-11H2,1-3H3. The maximum atomic E-state index is 3.47. The minimum Gasteiger partial charge on any atom is -0.314 e. The number of piperazine rings is 1. The van der Waals surface area contributed by atoms with E-state index >= 15 is 0 Å². The molecule has 2 saturated heterocycles. The molecule has 0 spiro atoms. The van der Waals surface area contributed by atoms with Crippen molar-refractivity contribution in [3.63, 3.8) is 0 Å². The van der Waals surface area contributed by atoms with Gasteiger partial charge in [0.05, 0.1) is 0 Å². The molecule has 0 aromatic heterocycles. The Labute approximate surface area is 107 Å². The summed E-state index contributed by atoms with van der Waals surface area (Å²) >= 11 is 0. The highest BCUT2D eigenvalue weighted by atomic mass is 15.2. The zero-order valence-corrected chi connectivity index (χ0v) is 11.8. The van der Waals surface area contributed by atoms with Crippen LogP contribution in [-0.2, 0) is 0 Å². The molecule has 0 aliphatic carbocycles. The molecular weight excluding hydrogens is 210 g/mol. The summed E-state index contributed by atoms with van der Waals surface area (Å²) in [6.07, 6.45) is 2.80. The molecule has 3 nitrogen and oxygen atoms in total. The van der Waals surface area contributed by atoms with E-state index in [0.717, 1.165) is 18.0 Å². The second-order valence-corrected chi connectivity index (χ2v) is 6.12. The van der Waals surface area contributed by atoms with Gasteiger partial charge in [0.25, 0.3) is 0 Å².